The van der Waals surface area contributed by atoms with Crippen molar-refractivity contribution in [2.75, 3.05) is 20.3 Å². The van der Waals surface area contributed by atoms with Gasteiger partial charge in [-0.1, -0.05) is 48.5 Å². The number of hydrogen-bond donors (Lipinski definition) is 1. The third kappa shape index (κ3) is 4.48. The second-order valence-electron chi connectivity index (χ2n) is 6.01. The van der Waals surface area contributed by atoms with Crippen LogP contribution >= 0.6 is 0 Å². The minimum Gasteiger partial charge on any atom is -0.496 e. The second-order valence-corrected chi connectivity index (χ2v) is 6.01. The number of methoxy groups -OCH3 is 1. The Morgan fingerprint density at radius 1 is 1.20 bits per heavy atom. The standard InChI is InChI=1S/C21H23NO3/c1-24-20-12-6-5-10-17(20)14-19(16-8-3-2-4-9-16)21(23)22-15-18-11-7-13-25-18/h2-6,8-10,12,14,18H,7,11,13,15H2,1H3,(H,22,23)/b19-14+. The number of carbonyl (C=O) groups excluding carboxylic acids is 1. The Labute approximate surface area is 148 Å². The van der Waals surface area contributed by atoms with Crippen molar-refractivity contribution in [3.63, 3.8) is 0 Å². The van der Waals surface area contributed by atoms with E-state index in [4.69, 9.17) is 9.47 Å². The summed E-state index contributed by atoms with van der Waals surface area (Å²) in [5.74, 6) is 0.635. The molecule has 130 valence electrons. The molecule has 2 aromatic carbocycles. The molecule has 0 aromatic heterocycles. The van der Waals surface area contributed by atoms with E-state index < -0.39 is 0 Å². The van der Waals surface area contributed by atoms with Crippen LogP contribution in [-0.2, 0) is 9.53 Å². The summed E-state index contributed by atoms with van der Waals surface area (Å²) < 4.78 is 11.0. The lowest BCUT2D eigenvalue weighted by Crippen LogP contribution is -2.32. The zero-order valence-corrected chi connectivity index (χ0v) is 14.4. The van der Waals surface area contributed by atoms with E-state index in [1.54, 1.807) is 7.11 Å². The van der Waals surface area contributed by atoms with Gasteiger partial charge in [0, 0.05) is 24.3 Å². The van der Waals surface area contributed by atoms with E-state index in [0.717, 1.165) is 36.3 Å². The van der Waals surface area contributed by atoms with Gasteiger partial charge in [0.25, 0.3) is 5.91 Å². The molecule has 0 spiro atoms. The highest BCUT2D eigenvalue weighted by molar-refractivity contribution is 6.24. The van der Waals surface area contributed by atoms with Crippen LogP contribution in [0.25, 0.3) is 11.6 Å². The fraction of sp³-hybridized carbons (Fsp3) is 0.286. The first-order valence-electron chi connectivity index (χ1n) is 8.58. The van der Waals surface area contributed by atoms with Gasteiger partial charge >= 0.3 is 0 Å². The number of carbonyl (C=O) groups is 1. The summed E-state index contributed by atoms with van der Waals surface area (Å²) in [5, 5.41) is 3.01. The summed E-state index contributed by atoms with van der Waals surface area (Å²) in [7, 11) is 1.63. The van der Waals surface area contributed by atoms with Crippen molar-refractivity contribution < 1.29 is 14.3 Å². The first-order valence-corrected chi connectivity index (χ1v) is 8.58. The molecule has 0 bridgehead atoms. The maximum Gasteiger partial charge on any atom is 0.252 e. The van der Waals surface area contributed by atoms with Crippen molar-refractivity contribution in [2.24, 2.45) is 0 Å². The maximum absolute atomic E-state index is 12.8. The predicted octanol–water partition coefficient (Wildman–Crippen LogP) is 3.53. The van der Waals surface area contributed by atoms with Crippen LogP contribution in [0.15, 0.2) is 54.6 Å². The van der Waals surface area contributed by atoms with E-state index in [0.29, 0.717) is 12.1 Å². The summed E-state index contributed by atoms with van der Waals surface area (Å²) in [4.78, 5) is 12.8. The number of nitrogens with one attached hydrogen (secondary N) is 1. The molecule has 25 heavy (non-hydrogen) atoms. The van der Waals surface area contributed by atoms with Crippen LogP contribution in [0.3, 0.4) is 0 Å². The maximum atomic E-state index is 12.8. The lowest BCUT2D eigenvalue weighted by atomic mass is 10.0. The normalized spacial score (nSPS) is 17.3. The van der Waals surface area contributed by atoms with Gasteiger partial charge in [0.05, 0.1) is 13.2 Å². The van der Waals surface area contributed by atoms with E-state index >= 15 is 0 Å². The average Bonchev–Trinajstić information content (AvgIpc) is 3.19. The van der Waals surface area contributed by atoms with E-state index in [2.05, 4.69) is 5.32 Å². The van der Waals surface area contributed by atoms with Crippen molar-refractivity contribution in [1.29, 1.82) is 0 Å². The molecular formula is C21H23NO3. The highest BCUT2D eigenvalue weighted by atomic mass is 16.5. The van der Waals surface area contributed by atoms with Crippen LogP contribution in [-0.4, -0.2) is 32.3 Å². The molecule has 1 aliphatic rings. The molecule has 0 radical (unpaired) electrons. The van der Waals surface area contributed by atoms with E-state index in [1.807, 2.05) is 60.7 Å². The fourth-order valence-corrected chi connectivity index (χ4v) is 2.95. The third-order valence-corrected chi connectivity index (χ3v) is 4.28. The lowest BCUT2D eigenvalue weighted by molar-refractivity contribution is -0.116. The van der Waals surface area contributed by atoms with Gasteiger partial charge in [-0.3, -0.25) is 4.79 Å². The molecule has 1 unspecified atom stereocenters. The summed E-state index contributed by atoms with van der Waals surface area (Å²) >= 11 is 0. The van der Waals surface area contributed by atoms with Gasteiger partial charge in [-0.2, -0.15) is 0 Å². The molecule has 1 aliphatic heterocycles. The van der Waals surface area contributed by atoms with Crippen LogP contribution in [0.2, 0.25) is 0 Å². The van der Waals surface area contributed by atoms with Gasteiger partial charge in [-0.05, 0) is 30.5 Å². The summed E-state index contributed by atoms with van der Waals surface area (Å²) in [6.45, 7) is 1.32. The van der Waals surface area contributed by atoms with E-state index in [9.17, 15) is 4.79 Å². The highest BCUT2D eigenvalue weighted by Crippen LogP contribution is 2.25. The minimum atomic E-state index is -0.104. The molecule has 3 rings (SSSR count). The van der Waals surface area contributed by atoms with Gasteiger partial charge in [-0.25, -0.2) is 0 Å². The van der Waals surface area contributed by atoms with Crippen LogP contribution in [0.1, 0.15) is 24.0 Å². The summed E-state index contributed by atoms with van der Waals surface area (Å²) in [6, 6.07) is 17.3. The van der Waals surface area contributed by atoms with Crippen LogP contribution in [0.5, 0.6) is 5.75 Å². The molecular weight excluding hydrogens is 314 g/mol. The Morgan fingerprint density at radius 3 is 2.68 bits per heavy atom. The zero-order valence-electron chi connectivity index (χ0n) is 14.4. The van der Waals surface area contributed by atoms with Crippen molar-refractivity contribution >= 4 is 17.6 Å². The smallest absolute Gasteiger partial charge is 0.252 e. The molecule has 1 heterocycles. The lowest BCUT2D eigenvalue weighted by Gasteiger charge is -2.14. The Hall–Kier alpha value is -2.59. The number of ether oxygens (including phenoxy) is 2. The van der Waals surface area contributed by atoms with Gasteiger partial charge in [0.2, 0.25) is 0 Å². The topological polar surface area (TPSA) is 47.6 Å². The number of rotatable bonds is 6. The average molecular weight is 337 g/mol. The summed E-state index contributed by atoms with van der Waals surface area (Å²) in [6.07, 6.45) is 4.05. The molecule has 1 N–H and O–H groups in total. The molecule has 2 aromatic rings. The van der Waals surface area contributed by atoms with Gasteiger partial charge < -0.3 is 14.8 Å². The zero-order chi connectivity index (χ0) is 17.5. The van der Waals surface area contributed by atoms with Gasteiger partial charge in [0.15, 0.2) is 0 Å². The molecule has 4 heteroatoms. The second kappa shape index (κ2) is 8.49. The quantitative estimate of drug-likeness (QED) is 0.648. The molecule has 1 amide bonds. The first kappa shape index (κ1) is 17.2. The number of hydrogen-bond acceptors (Lipinski definition) is 3. The van der Waals surface area contributed by atoms with Gasteiger partial charge in [0.1, 0.15) is 5.75 Å². The van der Waals surface area contributed by atoms with Crippen molar-refractivity contribution in [3.8, 4) is 5.75 Å². The van der Waals surface area contributed by atoms with E-state index in [-0.39, 0.29) is 12.0 Å². The SMILES string of the molecule is COc1ccccc1/C=C(/C(=O)NCC1CCCO1)c1ccccc1. The van der Waals surface area contributed by atoms with Crippen molar-refractivity contribution in [3.05, 3.63) is 65.7 Å². The minimum absolute atomic E-state index is 0.104. The number of benzene rings is 2. The largest absolute Gasteiger partial charge is 0.496 e. The van der Waals surface area contributed by atoms with Crippen LogP contribution in [0.4, 0.5) is 0 Å². The van der Waals surface area contributed by atoms with Crippen molar-refractivity contribution in [2.45, 2.75) is 18.9 Å². The van der Waals surface area contributed by atoms with Crippen molar-refractivity contribution in [1.82, 2.24) is 5.32 Å². The molecule has 1 saturated heterocycles. The van der Waals surface area contributed by atoms with Gasteiger partial charge in [-0.15, -0.1) is 0 Å². The molecule has 1 fully saturated rings. The van der Waals surface area contributed by atoms with Crippen LogP contribution in [0, 0.1) is 0 Å². The summed E-state index contributed by atoms with van der Waals surface area (Å²) in [5.41, 5.74) is 2.36. The predicted molar refractivity (Wildman–Crippen MR) is 99.3 cm³/mol. The van der Waals surface area contributed by atoms with Crippen LogP contribution < -0.4 is 10.1 Å². The molecule has 1 atom stereocenters. The highest BCUT2D eigenvalue weighted by Gasteiger charge is 2.18. The Morgan fingerprint density at radius 2 is 1.96 bits per heavy atom. The first-order chi connectivity index (χ1) is 12.3. The molecule has 4 nitrogen and oxygen atoms in total. The Balaban J connectivity index is 1.87. The fourth-order valence-electron chi connectivity index (χ4n) is 2.95. The van der Waals surface area contributed by atoms with E-state index in [1.165, 1.54) is 0 Å². The molecule has 0 aliphatic carbocycles. The Bertz CT molecular complexity index is 734. The number of para-hydroxylation sites is 1. The third-order valence-electron chi connectivity index (χ3n) is 4.28. The Kier molecular flexibility index (Phi) is 5.86. The number of amides is 1. The monoisotopic (exact) mass is 337 g/mol. The molecule has 0 saturated carbocycles.